The molecule has 5 rings (SSSR count). The third kappa shape index (κ3) is 6.93. The van der Waals surface area contributed by atoms with Crippen LogP contribution in [0.2, 0.25) is 0 Å². The molecule has 1 aliphatic rings. The maximum absolute atomic E-state index is 13.5. The Kier molecular flexibility index (Phi) is 9.00. The molecule has 1 atom stereocenters. The van der Waals surface area contributed by atoms with E-state index < -0.39 is 0 Å². The van der Waals surface area contributed by atoms with Crippen LogP contribution in [0, 0.1) is 11.3 Å². The number of hydrogen-bond donors (Lipinski definition) is 1. The third-order valence-electron chi connectivity index (χ3n) is 7.54. The highest BCUT2D eigenvalue weighted by Gasteiger charge is 2.33. The van der Waals surface area contributed by atoms with Gasteiger partial charge >= 0.3 is 0 Å². The zero-order valence-corrected chi connectivity index (χ0v) is 26.2. The first-order valence-corrected chi connectivity index (χ1v) is 15.4. The van der Waals surface area contributed by atoms with E-state index in [0.717, 1.165) is 45.4 Å². The van der Waals surface area contributed by atoms with Gasteiger partial charge in [0, 0.05) is 21.1 Å². The van der Waals surface area contributed by atoms with Gasteiger partial charge in [0.25, 0.3) is 5.91 Å². The quantitative estimate of drug-likeness (QED) is 0.187. The SMILES string of the molecule is COc1cc(C=Nc2sc3c(c2C(=O)NCc2ccco2)CC[C@@H](C(C)(C)C)C3)c(Br)cc1OCc1ccccc1. The number of nitrogens with one attached hydrogen (secondary N) is 1. The third-order valence-corrected chi connectivity index (χ3v) is 9.39. The summed E-state index contributed by atoms with van der Waals surface area (Å²) < 4.78 is 17.9. The molecule has 0 bridgehead atoms. The zero-order chi connectivity index (χ0) is 29.0. The molecule has 1 aliphatic carbocycles. The molecule has 0 saturated carbocycles. The molecule has 0 fully saturated rings. The molecule has 0 unspecified atom stereocenters. The summed E-state index contributed by atoms with van der Waals surface area (Å²) in [4.78, 5) is 19.7. The van der Waals surface area contributed by atoms with Gasteiger partial charge in [-0.15, -0.1) is 11.3 Å². The number of fused-ring (bicyclic) bond motifs is 1. The second-order valence-corrected chi connectivity index (χ2v) is 13.2. The normalized spacial score (nSPS) is 15.1. The number of benzene rings is 2. The fourth-order valence-corrected chi connectivity index (χ4v) is 6.78. The van der Waals surface area contributed by atoms with Crippen molar-refractivity contribution in [2.45, 2.75) is 53.2 Å². The van der Waals surface area contributed by atoms with Crippen LogP contribution in [0.3, 0.4) is 0 Å². The van der Waals surface area contributed by atoms with Gasteiger partial charge < -0.3 is 19.2 Å². The van der Waals surface area contributed by atoms with Gasteiger partial charge in [-0.1, -0.05) is 51.1 Å². The summed E-state index contributed by atoms with van der Waals surface area (Å²) in [5.74, 6) is 2.40. The number of halogens is 1. The summed E-state index contributed by atoms with van der Waals surface area (Å²) in [6.07, 6.45) is 6.29. The van der Waals surface area contributed by atoms with E-state index in [9.17, 15) is 4.79 Å². The molecule has 1 amide bonds. The van der Waals surface area contributed by atoms with E-state index in [-0.39, 0.29) is 11.3 Å². The number of ether oxygens (including phenoxy) is 2. The number of thiophene rings is 1. The molecule has 41 heavy (non-hydrogen) atoms. The second kappa shape index (κ2) is 12.7. The molecule has 214 valence electrons. The van der Waals surface area contributed by atoms with Crippen molar-refractivity contribution in [2.75, 3.05) is 7.11 Å². The Morgan fingerprint density at radius 3 is 2.68 bits per heavy atom. The highest BCUT2D eigenvalue weighted by atomic mass is 79.9. The number of nitrogens with zero attached hydrogens (tertiary/aromatic N) is 1. The molecule has 6 nitrogen and oxygen atoms in total. The first kappa shape index (κ1) is 29.1. The molecule has 2 heterocycles. The summed E-state index contributed by atoms with van der Waals surface area (Å²) >= 11 is 5.30. The molecule has 8 heteroatoms. The average molecular weight is 636 g/mol. The maximum Gasteiger partial charge on any atom is 0.255 e. The van der Waals surface area contributed by atoms with Crippen molar-refractivity contribution in [3.8, 4) is 11.5 Å². The van der Waals surface area contributed by atoms with Gasteiger partial charge in [0.15, 0.2) is 11.5 Å². The monoisotopic (exact) mass is 634 g/mol. The van der Waals surface area contributed by atoms with Crippen molar-refractivity contribution in [3.05, 3.63) is 98.2 Å². The predicted molar refractivity (Wildman–Crippen MR) is 168 cm³/mol. The number of carbonyl (C=O) groups excluding carboxylic acids is 1. The fourth-order valence-electron chi connectivity index (χ4n) is 5.09. The Morgan fingerprint density at radius 1 is 1.17 bits per heavy atom. The van der Waals surface area contributed by atoms with E-state index in [4.69, 9.17) is 18.9 Å². The van der Waals surface area contributed by atoms with Crippen LogP contribution in [0.15, 0.2) is 74.7 Å². The Morgan fingerprint density at radius 2 is 1.98 bits per heavy atom. The lowest BCUT2D eigenvalue weighted by Crippen LogP contribution is -2.28. The van der Waals surface area contributed by atoms with Gasteiger partial charge in [-0.2, -0.15) is 0 Å². The lowest BCUT2D eigenvalue weighted by atomic mass is 9.72. The van der Waals surface area contributed by atoms with E-state index in [1.807, 2.05) is 54.6 Å². The van der Waals surface area contributed by atoms with Gasteiger partial charge in [-0.05, 0) is 81.9 Å². The van der Waals surface area contributed by atoms with Gasteiger partial charge in [-0.25, -0.2) is 4.99 Å². The largest absolute Gasteiger partial charge is 0.493 e. The number of hydrogen-bond acceptors (Lipinski definition) is 6. The minimum Gasteiger partial charge on any atom is -0.493 e. The van der Waals surface area contributed by atoms with Crippen LogP contribution in [0.4, 0.5) is 5.00 Å². The summed E-state index contributed by atoms with van der Waals surface area (Å²) in [5, 5.41) is 3.76. The Labute approximate surface area is 253 Å². The van der Waals surface area contributed by atoms with Crippen LogP contribution in [-0.4, -0.2) is 19.2 Å². The van der Waals surface area contributed by atoms with E-state index in [1.54, 1.807) is 30.9 Å². The molecule has 0 aliphatic heterocycles. The van der Waals surface area contributed by atoms with Crippen molar-refractivity contribution < 1.29 is 18.7 Å². The molecule has 1 N–H and O–H groups in total. The van der Waals surface area contributed by atoms with Gasteiger partial charge in [0.2, 0.25) is 0 Å². The average Bonchev–Trinajstić information content (AvgIpc) is 3.61. The van der Waals surface area contributed by atoms with Gasteiger partial charge in [-0.3, -0.25) is 4.79 Å². The smallest absolute Gasteiger partial charge is 0.255 e. The van der Waals surface area contributed by atoms with E-state index in [2.05, 4.69) is 42.0 Å². The summed E-state index contributed by atoms with van der Waals surface area (Å²) in [6, 6.07) is 17.5. The lowest BCUT2D eigenvalue weighted by Gasteiger charge is -2.33. The number of amides is 1. The minimum atomic E-state index is -0.124. The molecule has 2 aromatic heterocycles. The second-order valence-electron chi connectivity index (χ2n) is 11.3. The van der Waals surface area contributed by atoms with Crippen LogP contribution in [0.5, 0.6) is 11.5 Å². The molecule has 0 radical (unpaired) electrons. The number of furan rings is 1. The van der Waals surface area contributed by atoms with Gasteiger partial charge in [0.1, 0.15) is 17.4 Å². The number of carbonyl (C=O) groups is 1. The highest BCUT2D eigenvalue weighted by molar-refractivity contribution is 9.10. The predicted octanol–water partition coefficient (Wildman–Crippen LogP) is 8.52. The van der Waals surface area contributed by atoms with Crippen molar-refractivity contribution in [1.82, 2.24) is 5.32 Å². The van der Waals surface area contributed by atoms with Crippen LogP contribution in [0.1, 0.15) is 64.9 Å². The lowest BCUT2D eigenvalue weighted by molar-refractivity contribution is 0.0947. The Hall–Kier alpha value is -3.36. The molecule has 2 aromatic carbocycles. The summed E-state index contributed by atoms with van der Waals surface area (Å²) in [6.45, 7) is 7.65. The van der Waals surface area contributed by atoms with E-state index in [0.29, 0.717) is 41.9 Å². The van der Waals surface area contributed by atoms with Crippen molar-refractivity contribution in [2.24, 2.45) is 16.3 Å². The Bertz CT molecular complexity index is 1520. The van der Waals surface area contributed by atoms with E-state index >= 15 is 0 Å². The first-order chi connectivity index (χ1) is 19.7. The first-order valence-electron chi connectivity index (χ1n) is 13.8. The fraction of sp³-hybridized carbons (Fsp3) is 0.333. The molecule has 0 saturated heterocycles. The minimum absolute atomic E-state index is 0.124. The molecule has 4 aromatic rings. The van der Waals surface area contributed by atoms with Crippen molar-refractivity contribution >= 4 is 44.4 Å². The Balaban J connectivity index is 1.42. The molecular formula is C33H35BrN2O4S. The number of rotatable bonds is 9. The number of methoxy groups -OCH3 is 1. The zero-order valence-electron chi connectivity index (χ0n) is 23.8. The van der Waals surface area contributed by atoms with Crippen LogP contribution < -0.4 is 14.8 Å². The van der Waals surface area contributed by atoms with Crippen molar-refractivity contribution in [3.63, 3.8) is 0 Å². The highest BCUT2D eigenvalue weighted by Crippen LogP contribution is 2.45. The van der Waals surface area contributed by atoms with Gasteiger partial charge in [0.05, 0.1) is 25.5 Å². The summed E-state index contributed by atoms with van der Waals surface area (Å²) in [5.41, 5.74) is 3.91. The molecular weight excluding hydrogens is 600 g/mol. The standard InChI is InChI=1S/C33H35BrN2O4S/c1-33(2,3)23-12-13-25-29(16-23)41-32(30(25)31(37)35-19-24-11-8-14-39-24)36-18-22-15-27(38-4)28(17-26(22)34)40-20-21-9-6-5-7-10-21/h5-11,14-15,17-18,23H,12-13,16,19-20H2,1-4H3,(H,35,37)/t23-/m1/s1. The van der Waals surface area contributed by atoms with E-state index in [1.165, 1.54) is 4.88 Å². The summed E-state index contributed by atoms with van der Waals surface area (Å²) in [7, 11) is 1.62. The topological polar surface area (TPSA) is 73.1 Å². The maximum atomic E-state index is 13.5. The number of aliphatic imine (C=N–C) groups is 1. The molecule has 0 spiro atoms. The van der Waals surface area contributed by atoms with Crippen LogP contribution >= 0.6 is 27.3 Å². The van der Waals surface area contributed by atoms with Crippen LogP contribution in [-0.2, 0) is 26.0 Å². The van der Waals surface area contributed by atoms with Crippen LogP contribution in [0.25, 0.3) is 0 Å². The van der Waals surface area contributed by atoms with Crippen molar-refractivity contribution in [1.29, 1.82) is 0 Å².